The maximum absolute atomic E-state index is 10.7. The molecular weight excluding hydrogens is 192 g/mol. The highest BCUT2D eigenvalue weighted by atomic mass is 31.2. The Bertz CT molecular complexity index is 199. The molecule has 0 saturated heterocycles. The summed E-state index contributed by atoms with van der Waals surface area (Å²) in [6, 6.07) is 0. The molecule has 0 fully saturated rings. The van der Waals surface area contributed by atoms with Crippen LogP contribution in [0.2, 0.25) is 0 Å². The smallest absolute Gasteiger partial charge is 0.267 e. The molecule has 0 aromatic rings. The van der Waals surface area contributed by atoms with E-state index >= 15 is 0 Å². The van der Waals surface area contributed by atoms with Crippen molar-refractivity contribution in [3.63, 3.8) is 0 Å². The highest BCUT2D eigenvalue weighted by Crippen LogP contribution is 2.36. The first kappa shape index (κ1) is 13.1. The molecule has 13 heavy (non-hydrogen) atoms. The average molecular weight is 207 g/mol. The van der Waals surface area contributed by atoms with Crippen molar-refractivity contribution in [1.29, 1.82) is 0 Å². The Morgan fingerprint density at radius 2 is 2.08 bits per heavy atom. The molecule has 76 valence electrons. The van der Waals surface area contributed by atoms with Crippen LogP contribution in [-0.2, 0) is 13.6 Å². The molecule has 1 unspecified atom stereocenters. The van der Waals surface area contributed by atoms with E-state index in [4.69, 9.17) is 7.85 Å². The van der Waals surface area contributed by atoms with Crippen molar-refractivity contribution in [2.24, 2.45) is 0 Å². The Morgan fingerprint density at radius 1 is 1.54 bits per heavy atom. The predicted octanol–water partition coefficient (Wildman–Crippen LogP) is -0.680. The fourth-order valence-electron chi connectivity index (χ4n) is 0.544. The quantitative estimate of drug-likeness (QED) is 0.329. The third kappa shape index (κ3) is 6.24. The molecule has 0 saturated carbocycles. The second-order valence-corrected chi connectivity index (χ2v) is 4.82. The van der Waals surface area contributed by atoms with Gasteiger partial charge in [0.15, 0.2) is 0 Å². The van der Waals surface area contributed by atoms with Crippen molar-refractivity contribution in [3.05, 3.63) is 0 Å². The van der Waals surface area contributed by atoms with E-state index in [1.807, 2.05) is 14.1 Å². The van der Waals surface area contributed by atoms with Crippen molar-refractivity contribution in [2.75, 3.05) is 40.8 Å². The van der Waals surface area contributed by atoms with Crippen LogP contribution < -0.4 is 4.89 Å². The second kappa shape index (κ2) is 5.12. The van der Waals surface area contributed by atoms with E-state index in [1.165, 1.54) is 0 Å². The zero-order valence-corrected chi connectivity index (χ0v) is 9.12. The van der Waals surface area contributed by atoms with Crippen LogP contribution in [0.5, 0.6) is 0 Å². The van der Waals surface area contributed by atoms with Gasteiger partial charge in [-0.15, -0.1) is 0 Å². The molecule has 0 aliphatic heterocycles. The fraction of sp³-hybridized carbons (Fsp3) is 1.00. The molecule has 0 N–H and O–H groups in total. The van der Waals surface area contributed by atoms with Crippen molar-refractivity contribution in [3.8, 4) is 0 Å². The summed E-state index contributed by atoms with van der Waals surface area (Å²) in [7, 11) is 6.18. The van der Waals surface area contributed by atoms with E-state index < -0.39 is 7.82 Å². The predicted molar refractivity (Wildman–Crippen MR) is 48.2 cm³/mol. The van der Waals surface area contributed by atoms with Crippen LogP contribution in [0.3, 0.4) is 0 Å². The van der Waals surface area contributed by atoms with Crippen molar-refractivity contribution in [1.82, 2.24) is 0 Å². The summed E-state index contributed by atoms with van der Waals surface area (Å²) < 4.78 is 19.9. The van der Waals surface area contributed by atoms with E-state index in [2.05, 4.69) is 9.05 Å². The number of hydrogen-bond donors (Lipinski definition) is 0. The van der Waals surface area contributed by atoms with Gasteiger partial charge in [-0.05, 0) is 0 Å². The maximum Gasteiger partial charge on any atom is 0.267 e. The monoisotopic (exact) mass is 207 g/mol. The number of phosphoric acid groups is 1. The number of likely N-dealkylation sites (N-methyl/N-ethyl adjacent to an activating group) is 1. The van der Waals surface area contributed by atoms with E-state index in [1.54, 1.807) is 0 Å². The maximum atomic E-state index is 10.7. The normalized spacial score (nSPS) is 16.9. The lowest BCUT2D eigenvalue weighted by atomic mass is 10.1. The first-order valence-corrected chi connectivity index (χ1v) is 5.32. The summed E-state index contributed by atoms with van der Waals surface area (Å²) >= 11 is 0. The highest BCUT2D eigenvalue weighted by Gasteiger charge is 2.13. The Morgan fingerprint density at radius 3 is 2.46 bits per heavy atom. The fourth-order valence-corrected chi connectivity index (χ4v) is 0.954. The number of hydrogen-bond acceptors (Lipinski definition) is 4. The molecule has 0 amide bonds. The summed E-state index contributed by atoms with van der Waals surface area (Å²) in [5.74, 6) is 0. The van der Waals surface area contributed by atoms with Crippen molar-refractivity contribution < 1.29 is 23.0 Å². The first-order valence-electron chi connectivity index (χ1n) is 3.86. The zero-order chi connectivity index (χ0) is 10.5. The Labute approximate surface area is 80.3 Å². The van der Waals surface area contributed by atoms with E-state index in [-0.39, 0.29) is 6.61 Å². The Hall–Kier alpha value is 0.135. The van der Waals surface area contributed by atoms with Crippen LogP contribution in [0.4, 0.5) is 0 Å². The molecule has 0 rings (SSSR count). The van der Waals surface area contributed by atoms with Gasteiger partial charge in [0, 0.05) is 13.6 Å². The second-order valence-electron chi connectivity index (χ2n) is 3.30. The van der Waals surface area contributed by atoms with Crippen LogP contribution in [-0.4, -0.2) is 53.1 Å². The third-order valence-corrected chi connectivity index (χ3v) is 2.61. The van der Waals surface area contributed by atoms with Gasteiger partial charge in [0.05, 0.1) is 14.1 Å². The van der Waals surface area contributed by atoms with Crippen LogP contribution in [0, 0.1) is 0 Å². The lowest BCUT2D eigenvalue weighted by Crippen LogP contribution is -2.43. The Kier molecular flexibility index (Phi) is 5.18. The molecule has 2 radical (unpaired) electrons. The van der Waals surface area contributed by atoms with Gasteiger partial charge in [-0.25, -0.2) is 0 Å². The molecule has 0 aliphatic rings. The lowest BCUT2D eigenvalue weighted by molar-refractivity contribution is -0.879. The largest absolute Gasteiger partial charge is 0.756 e. The van der Waals surface area contributed by atoms with Crippen molar-refractivity contribution >= 4 is 15.7 Å². The molecule has 0 spiro atoms. The SMILES string of the molecule is [B]C[N+](C)(C)CCOP(=O)([O-])OC. The number of phosphoric ester groups is 1. The highest BCUT2D eigenvalue weighted by molar-refractivity contribution is 7.45. The number of nitrogens with zero attached hydrogens (tertiary/aromatic N) is 1. The molecule has 5 nitrogen and oxygen atoms in total. The van der Waals surface area contributed by atoms with Gasteiger partial charge in [0.2, 0.25) is 0 Å². The van der Waals surface area contributed by atoms with E-state index in [0.717, 1.165) is 7.11 Å². The van der Waals surface area contributed by atoms with Gasteiger partial charge in [0.25, 0.3) is 7.82 Å². The summed E-state index contributed by atoms with van der Waals surface area (Å²) in [5, 5.41) is 0. The van der Waals surface area contributed by atoms with Crippen LogP contribution in [0.15, 0.2) is 0 Å². The van der Waals surface area contributed by atoms with Gasteiger partial charge in [0.1, 0.15) is 21.0 Å². The van der Waals surface area contributed by atoms with Gasteiger partial charge in [-0.2, -0.15) is 0 Å². The van der Waals surface area contributed by atoms with Crippen LogP contribution in [0.1, 0.15) is 0 Å². The van der Waals surface area contributed by atoms with Crippen LogP contribution >= 0.6 is 7.82 Å². The summed E-state index contributed by atoms with van der Waals surface area (Å²) in [6.07, 6.45) is 0.430. The molecule has 0 aliphatic carbocycles. The molecule has 0 aromatic heterocycles. The minimum Gasteiger partial charge on any atom is -0.756 e. The summed E-state index contributed by atoms with van der Waals surface area (Å²) in [6.45, 7) is 0.602. The number of quaternary nitrogens is 1. The summed E-state index contributed by atoms with van der Waals surface area (Å²) in [5.41, 5.74) is 0. The van der Waals surface area contributed by atoms with E-state index in [0.29, 0.717) is 17.5 Å². The molecule has 0 bridgehead atoms. The Balaban J connectivity index is 3.74. The van der Waals surface area contributed by atoms with Gasteiger partial charge in [-0.1, -0.05) is 0 Å². The topological polar surface area (TPSA) is 58.6 Å². The van der Waals surface area contributed by atoms with Gasteiger partial charge in [-0.3, -0.25) is 4.57 Å². The number of rotatable bonds is 6. The van der Waals surface area contributed by atoms with Crippen molar-refractivity contribution in [2.45, 2.75) is 0 Å². The average Bonchev–Trinajstić information content (AvgIpc) is 2.04. The molecule has 0 heterocycles. The standard InChI is InChI=1S/C6H15BNO4P/c1-8(2,6-7)4-5-12-13(9,10)11-3/h4-6H2,1-3H3. The van der Waals surface area contributed by atoms with Gasteiger partial charge < -0.3 is 18.4 Å². The summed E-state index contributed by atoms with van der Waals surface area (Å²) in [4.78, 5) is 10.7. The lowest BCUT2D eigenvalue weighted by Gasteiger charge is -2.29. The van der Waals surface area contributed by atoms with Gasteiger partial charge >= 0.3 is 0 Å². The van der Waals surface area contributed by atoms with E-state index in [9.17, 15) is 9.46 Å². The molecule has 1 atom stereocenters. The molecule has 7 heteroatoms. The minimum absolute atomic E-state index is 0.0822. The first-order chi connectivity index (χ1) is 5.83. The van der Waals surface area contributed by atoms with Crippen LogP contribution in [0.25, 0.3) is 0 Å². The third-order valence-electron chi connectivity index (χ3n) is 1.66. The molecular formula is C6H15BNO4P. The minimum atomic E-state index is -4.07. The zero-order valence-electron chi connectivity index (χ0n) is 8.23. The molecule has 0 aromatic carbocycles.